The molecule has 0 aliphatic heterocycles. The van der Waals surface area contributed by atoms with Crippen LogP contribution in [0.4, 0.5) is 0 Å². The Hall–Kier alpha value is -1.31. The largest absolute Gasteiger partial charge is 0.461 e. The van der Waals surface area contributed by atoms with Gasteiger partial charge < -0.3 is 4.74 Å². The molecule has 0 aliphatic rings. The fraction of sp³-hybridized carbons (Fsp3) is 0.462. The van der Waals surface area contributed by atoms with Crippen molar-refractivity contribution in [2.75, 3.05) is 0 Å². The number of aryl methyl sites for hydroxylation is 2. The van der Waals surface area contributed by atoms with Gasteiger partial charge >= 0.3 is 5.97 Å². The van der Waals surface area contributed by atoms with E-state index in [1.165, 1.54) is 18.1 Å². The van der Waals surface area contributed by atoms with E-state index in [1.54, 1.807) is 0 Å². The van der Waals surface area contributed by atoms with Gasteiger partial charge in [0.05, 0.1) is 0 Å². The van der Waals surface area contributed by atoms with Gasteiger partial charge in [0.15, 0.2) is 0 Å². The van der Waals surface area contributed by atoms with Crippen LogP contribution in [0.2, 0.25) is 0 Å². The second kappa shape index (κ2) is 5.54. The van der Waals surface area contributed by atoms with Crippen LogP contribution in [0.3, 0.4) is 0 Å². The Labute approximate surface area is 91.3 Å². The summed E-state index contributed by atoms with van der Waals surface area (Å²) in [6.45, 7) is 6.07. The normalized spacial score (nSPS) is 10.1. The molecule has 0 saturated carbocycles. The van der Waals surface area contributed by atoms with E-state index in [-0.39, 0.29) is 5.97 Å². The Balaban J connectivity index is 2.85. The summed E-state index contributed by atoms with van der Waals surface area (Å²) in [4.78, 5) is 10.7. The summed E-state index contributed by atoms with van der Waals surface area (Å²) in [5, 5.41) is 0. The number of rotatable bonds is 4. The van der Waals surface area contributed by atoms with Crippen LogP contribution in [0.1, 0.15) is 37.5 Å². The molecule has 15 heavy (non-hydrogen) atoms. The van der Waals surface area contributed by atoms with Gasteiger partial charge in [0.2, 0.25) is 0 Å². The third-order valence-electron chi connectivity index (χ3n) is 2.49. The smallest absolute Gasteiger partial charge is 0.302 e. The molecule has 0 fully saturated rings. The summed E-state index contributed by atoms with van der Waals surface area (Å²) < 4.78 is 5.03. The van der Waals surface area contributed by atoms with Crippen LogP contribution in [0.25, 0.3) is 0 Å². The van der Waals surface area contributed by atoms with Crippen LogP contribution in [0.5, 0.6) is 0 Å². The second-order valence-corrected chi connectivity index (χ2v) is 3.59. The molecule has 0 radical (unpaired) electrons. The lowest BCUT2D eigenvalue weighted by molar-refractivity contribution is -0.142. The molecule has 0 unspecified atom stereocenters. The van der Waals surface area contributed by atoms with Crippen molar-refractivity contribution in [2.45, 2.75) is 40.2 Å². The van der Waals surface area contributed by atoms with Gasteiger partial charge in [-0.1, -0.05) is 32.0 Å². The number of ether oxygens (including phenoxy) is 1. The highest BCUT2D eigenvalue weighted by Gasteiger charge is 2.03. The van der Waals surface area contributed by atoms with Crippen LogP contribution >= 0.6 is 0 Å². The Kier molecular flexibility index (Phi) is 4.35. The third-order valence-corrected chi connectivity index (χ3v) is 2.49. The highest BCUT2D eigenvalue weighted by Crippen LogP contribution is 2.14. The third kappa shape index (κ3) is 3.39. The van der Waals surface area contributed by atoms with Crippen molar-refractivity contribution in [3.8, 4) is 0 Å². The summed E-state index contributed by atoms with van der Waals surface area (Å²) in [7, 11) is 0. The molecule has 0 amide bonds. The van der Waals surface area contributed by atoms with Crippen LogP contribution in [-0.4, -0.2) is 5.97 Å². The standard InChI is InChI=1S/C13H18O2/c1-4-11-6-7-12(5-2)13(8-11)9-15-10(3)14/h6-8H,4-5,9H2,1-3H3. The molecule has 2 nitrogen and oxygen atoms in total. The number of hydrogen-bond donors (Lipinski definition) is 0. The van der Waals surface area contributed by atoms with E-state index in [0.29, 0.717) is 6.61 Å². The average Bonchev–Trinajstić information content (AvgIpc) is 2.25. The molecule has 0 saturated heterocycles. The molecular formula is C13H18O2. The van der Waals surface area contributed by atoms with E-state index in [9.17, 15) is 4.79 Å². The maximum absolute atomic E-state index is 10.7. The number of esters is 1. The van der Waals surface area contributed by atoms with Gasteiger partial charge in [-0.25, -0.2) is 0 Å². The zero-order valence-electron chi connectivity index (χ0n) is 9.67. The first-order valence-electron chi connectivity index (χ1n) is 5.41. The highest BCUT2D eigenvalue weighted by molar-refractivity contribution is 5.66. The van der Waals surface area contributed by atoms with Gasteiger partial charge in [-0.05, 0) is 29.5 Å². The van der Waals surface area contributed by atoms with Crippen LogP contribution < -0.4 is 0 Å². The Morgan fingerprint density at radius 2 is 1.93 bits per heavy atom. The molecule has 0 heterocycles. The minimum Gasteiger partial charge on any atom is -0.461 e. The molecule has 0 aliphatic carbocycles. The number of carbonyl (C=O) groups is 1. The molecule has 0 bridgehead atoms. The maximum atomic E-state index is 10.7. The number of hydrogen-bond acceptors (Lipinski definition) is 2. The lowest BCUT2D eigenvalue weighted by atomic mass is 10.0. The van der Waals surface area contributed by atoms with Crippen molar-refractivity contribution in [3.63, 3.8) is 0 Å². The van der Waals surface area contributed by atoms with Crippen molar-refractivity contribution in [3.05, 3.63) is 34.9 Å². The first-order chi connectivity index (χ1) is 7.17. The van der Waals surface area contributed by atoms with E-state index in [2.05, 4.69) is 32.0 Å². The van der Waals surface area contributed by atoms with Crippen LogP contribution in [0.15, 0.2) is 18.2 Å². The van der Waals surface area contributed by atoms with E-state index < -0.39 is 0 Å². The summed E-state index contributed by atoms with van der Waals surface area (Å²) in [5.41, 5.74) is 3.68. The minimum absolute atomic E-state index is 0.223. The molecular weight excluding hydrogens is 188 g/mol. The first kappa shape index (κ1) is 11.8. The fourth-order valence-corrected chi connectivity index (χ4v) is 1.56. The quantitative estimate of drug-likeness (QED) is 0.708. The van der Waals surface area contributed by atoms with Crippen molar-refractivity contribution in [2.24, 2.45) is 0 Å². The van der Waals surface area contributed by atoms with E-state index in [4.69, 9.17) is 4.74 Å². The van der Waals surface area contributed by atoms with Gasteiger partial charge in [0, 0.05) is 6.92 Å². The highest BCUT2D eigenvalue weighted by atomic mass is 16.5. The van der Waals surface area contributed by atoms with Crippen molar-refractivity contribution >= 4 is 5.97 Å². The Bertz CT molecular complexity index is 342. The van der Waals surface area contributed by atoms with Crippen molar-refractivity contribution < 1.29 is 9.53 Å². The SMILES string of the molecule is CCc1ccc(CC)c(COC(C)=O)c1. The maximum Gasteiger partial charge on any atom is 0.302 e. The molecule has 0 aromatic heterocycles. The average molecular weight is 206 g/mol. The lowest BCUT2D eigenvalue weighted by Gasteiger charge is -2.09. The van der Waals surface area contributed by atoms with Crippen LogP contribution in [0, 0.1) is 0 Å². The zero-order valence-corrected chi connectivity index (χ0v) is 9.67. The van der Waals surface area contributed by atoms with Crippen molar-refractivity contribution in [1.29, 1.82) is 0 Å². The molecule has 0 spiro atoms. The fourth-order valence-electron chi connectivity index (χ4n) is 1.56. The molecule has 2 heteroatoms. The van der Waals surface area contributed by atoms with Gasteiger partial charge in [0.1, 0.15) is 6.61 Å². The Morgan fingerprint density at radius 1 is 1.20 bits per heavy atom. The molecule has 1 aromatic rings. The predicted molar refractivity (Wildman–Crippen MR) is 60.7 cm³/mol. The van der Waals surface area contributed by atoms with Gasteiger partial charge in [-0.2, -0.15) is 0 Å². The number of carbonyl (C=O) groups excluding carboxylic acids is 1. The molecule has 82 valence electrons. The van der Waals surface area contributed by atoms with Gasteiger partial charge in [-0.15, -0.1) is 0 Å². The zero-order chi connectivity index (χ0) is 11.3. The lowest BCUT2D eigenvalue weighted by Crippen LogP contribution is -2.02. The van der Waals surface area contributed by atoms with Gasteiger partial charge in [0.25, 0.3) is 0 Å². The van der Waals surface area contributed by atoms with Crippen molar-refractivity contribution in [1.82, 2.24) is 0 Å². The summed E-state index contributed by atoms with van der Waals surface area (Å²) in [6.07, 6.45) is 1.98. The summed E-state index contributed by atoms with van der Waals surface area (Å²) in [5.74, 6) is -0.223. The monoisotopic (exact) mass is 206 g/mol. The minimum atomic E-state index is -0.223. The summed E-state index contributed by atoms with van der Waals surface area (Å²) in [6, 6.07) is 6.38. The van der Waals surface area contributed by atoms with Crippen LogP contribution in [-0.2, 0) is 29.0 Å². The molecule has 1 rings (SSSR count). The number of benzene rings is 1. The van der Waals surface area contributed by atoms with E-state index >= 15 is 0 Å². The Morgan fingerprint density at radius 3 is 2.47 bits per heavy atom. The topological polar surface area (TPSA) is 26.3 Å². The first-order valence-corrected chi connectivity index (χ1v) is 5.41. The predicted octanol–water partition coefficient (Wildman–Crippen LogP) is 2.87. The molecule has 0 N–H and O–H groups in total. The summed E-state index contributed by atoms with van der Waals surface area (Å²) >= 11 is 0. The van der Waals surface area contributed by atoms with Gasteiger partial charge in [-0.3, -0.25) is 4.79 Å². The second-order valence-electron chi connectivity index (χ2n) is 3.59. The van der Waals surface area contributed by atoms with E-state index in [1.807, 2.05) is 0 Å². The molecule has 1 aromatic carbocycles. The molecule has 0 atom stereocenters. The van der Waals surface area contributed by atoms with E-state index in [0.717, 1.165) is 18.4 Å².